The molecule has 4 rings (SSSR count). The van der Waals surface area contributed by atoms with E-state index in [-0.39, 0.29) is 0 Å². The minimum absolute atomic E-state index is 0.624. The average molecular weight is 537 g/mol. The zero-order chi connectivity index (χ0) is 28.5. The number of hydrogen-bond donors (Lipinski definition) is 2. The van der Waals surface area contributed by atoms with E-state index in [9.17, 15) is 10.5 Å². The summed E-state index contributed by atoms with van der Waals surface area (Å²) < 4.78 is 0. The van der Waals surface area contributed by atoms with Gasteiger partial charge in [0.05, 0.1) is 31.3 Å². The molecule has 2 N–H and O–H groups in total. The quantitative estimate of drug-likeness (QED) is 0.166. The lowest BCUT2D eigenvalue weighted by Gasteiger charge is -2.28. The van der Waals surface area contributed by atoms with E-state index in [2.05, 4.69) is 91.5 Å². The van der Waals surface area contributed by atoms with Gasteiger partial charge in [-0.25, -0.2) is 0 Å². The smallest absolute Gasteiger partial charge is 0.0991 e. The van der Waals surface area contributed by atoms with E-state index >= 15 is 0 Å². The second kappa shape index (κ2) is 12.6. The molecule has 4 nitrogen and oxygen atoms in total. The van der Waals surface area contributed by atoms with Crippen LogP contribution in [0.4, 0.5) is 17.1 Å². The normalized spacial score (nSPS) is 11.5. The van der Waals surface area contributed by atoms with E-state index in [0.29, 0.717) is 11.1 Å². The summed E-state index contributed by atoms with van der Waals surface area (Å²) in [7, 11) is -1.91. The molecule has 0 unspecified atom stereocenters. The molecule has 4 aromatic carbocycles. The molecule has 0 saturated carbocycles. The van der Waals surface area contributed by atoms with Gasteiger partial charge < -0.3 is 10.6 Å². The largest absolute Gasteiger partial charge is 0.355 e. The summed E-state index contributed by atoms with van der Waals surface area (Å²) in [4.78, 5) is 0. The molecule has 0 saturated heterocycles. The van der Waals surface area contributed by atoms with Crippen LogP contribution in [0.15, 0.2) is 122 Å². The van der Waals surface area contributed by atoms with Crippen molar-refractivity contribution in [3.8, 4) is 23.3 Å². The molecule has 0 radical (unpaired) electrons. The number of rotatable bonds is 9. The van der Waals surface area contributed by atoms with Crippen LogP contribution in [0.25, 0.3) is 16.8 Å². The van der Waals surface area contributed by atoms with E-state index in [0.717, 1.165) is 33.9 Å². The zero-order valence-electron chi connectivity index (χ0n) is 23.1. The molecular formula is C35H32N4Si. The average Bonchev–Trinajstić information content (AvgIpc) is 2.97. The van der Waals surface area contributed by atoms with E-state index in [1.54, 1.807) is 6.08 Å². The highest BCUT2D eigenvalue weighted by molar-refractivity contribution is 6.90. The van der Waals surface area contributed by atoms with Gasteiger partial charge in [0.1, 0.15) is 0 Å². The lowest BCUT2D eigenvalue weighted by atomic mass is 9.99. The van der Waals surface area contributed by atoms with Crippen LogP contribution in [0.2, 0.25) is 19.6 Å². The van der Waals surface area contributed by atoms with Crippen molar-refractivity contribution in [3.05, 3.63) is 139 Å². The number of hydrogen-bond acceptors (Lipinski definition) is 4. The van der Waals surface area contributed by atoms with Crippen LogP contribution in [-0.4, -0.2) is 8.07 Å². The lowest BCUT2D eigenvalue weighted by molar-refractivity contribution is 1.47. The van der Waals surface area contributed by atoms with Crippen molar-refractivity contribution < 1.29 is 0 Å². The first-order valence-electron chi connectivity index (χ1n) is 13.1. The highest BCUT2D eigenvalue weighted by atomic mass is 28.3. The molecule has 0 bridgehead atoms. The monoisotopic (exact) mass is 536 g/mol. The standard InChI is InChI=1S/C35H32N4Si/c1-5-6-7-14-34(39-29-22-18-27(25-37)19-23-29)32-13-10-12-31(35(32)40(2,3)4)30-11-8-9-15-33(30)38-28-20-16-26(24-36)17-21-28/h5-23,38-39H,1H2,2-4H3/b7-6-,34-14-. The van der Waals surface area contributed by atoms with Gasteiger partial charge in [0.2, 0.25) is 0 Å². The Bertz CT molecular complexity index is 1640. The highest BCUT2D eigenvalue weighted by Gasteiger charge is 2.26. The summed E-state index contributed by atoms with van der Waals surface area (Å²) in [5.74, 6) is 0. The summed E-state index contributed by atoms with van der Waals surface area (Å²) >= 11 is 0. The lowest BCUT2D eigenvalue weighted by Crippen LogP contribution is -2.42. The Morgan fingerprint density at radius 3 is 1.93 bits per heavy atom. The van der Waals surface area contributed by atoms with Gasteiger partial charge in [-0.15, -0.1) is 0 Å². The molecule has 0 aromatic heterocycles. The molecule has 0 heterocycles. The molecule has 0 spiro atoms. The minimum Gasteiger partial charge on any atom is -0.355 e. The molecule has 5 heteroatoms. The van der Waals surface area contributed by atoms with Gasteiger partial charge in [-0.2, -0.15) is 10.5 Å². The fourth-order valence-corrected chi connectivity index (χ4v) is 6.68. The van der Waals surface area contributed by atoms with E-state index < -0.39 is 8.07 Å². The van der Waals surface area contributed by atoms with Gasteiger partial charge in [0.25, 0.3) is 0 Å². The third-order valence-corrected chi connectivity index (χ3v) is 8.46. The second-order valence-electron chi connectivity index (χ2n) is 10.4. The van der Waals surface area contributed by atoms with Crippen LogP contribution >= 0.6 is 0 Å². The first-order valence-corrected chi connectivity index (χ1v) is 16.6. The van der Waals surface area contributed by atoms with E-state index in [4.69, 9.17) is 0 Å². The first-order chi connectivity index (χ1) is 19.3. The van der Waals surface area contributed by atoms with Crippen LogP contribution in [0.5, 0.6) is 0 Å². The number of nitrogens with one attached hydrogen (secondary N) is 2. The maximum absolute atomic E-state index is 9.22. The third-order valence-electron chi connectivity index (χ3n) is 6.42. The van der Waals surface area contributed by atoms with Gasteiger partial charge in [-0.3, -0.25) is 0 Å². The van der Waals surface area contributed by atoms with Crippen molar-refractivity contribution in [2.45, 2.75) is 19.6 Å². The van der Waals surface area contributed by atoms with Gasteiger partial charge in [0.15, 0.2) is 0 Å². The van der Waals surface area contributed by atoms with Crippen molar-refractivity contribution in [1.29, 1.82) is 10.5 Å². The number of para-hydroxylation sites is 1. The Kier molecular flexibility index (Phi) is 8.81. The minimum atomic E-state index is -1.91. The van der Waals surface area contributed by atoms with Crippen molar-refractivity contribution in [1.82, 2.24) is 0 Å². The number of nitriles is 2. The maximum Gasteiger partial charge on any atom is 0.0991 e. The molecule has 0 aliphatic heterocycles. The van der Waals surface area contributed by atoms with Crippen LogP contribution < -0.4 is 15.8 Å². The van der Waals surface area contributed by atoms with Crippen molar-refractivity contribution >= 4 is 36.0 Å². The Morgan fingerprint density at radius 1 is 0.725 bits per heavy atom. The van der Waals surface area contributed by atoms with E-state index in [1.807, 2.05) is 66.7 Å². The van der Waals surface area contributed by atoms with Gasteiger partial charge >= 0.3 is 0 Å². The number of allylic oxidation sites excluding steroid dienone is 4. The van der Waals surface area contributed by atoms with Crippen LogP contribution in [0.3, 0.4) is 0 Å². The summed E-state index contributed by atoms with van der Waals surface area (Å²) in [6, 6.07) is 34.2. The Morgan fingerprint density at radius 2 is 1.32 bits per heavy atom. The maximum atomic E-state index is 9.22. The van der Waals surface area contributed by atoms with Gasteiger partial charge in [0, 0.05) is 28.3 Å². The topological polar surface area (TPSA) is 71.6 Å². The predicted octanol–water partition coefficient (Wildman–Crippen LogP) is 8.58. The molecule has 0 aliphatic rings. The first kappa shape index (κ1) is 27.9. The summed E-state index contributed by atoms with van der Waals surface area (Å²) in [6.45, 7) is 10.9. The fraction of sp³-hybridized carbons (Fsp3) is 0.0857. The SMILES string of the molecule is C=C/C=C\C=C(/Nc1ccc(C#N)cc1)c1cccc(-c2ccccc2Nc2ccc(C#N)cc2)c1[Si](C)(C)C. The molecule has 4 aromatic rings. The summed E-state index contributed by atoms with van der Waals surface area (Å²) in [6.07, 6.45) is 7.73. The van der Waals surface area contributed by atoms with Gasteiger partial charge in [-0.05, 0) is 77.0 Å². The fourth-order valence-electron chi connectivity index (χ4n) is 4.63. The molecule has 40 heavy (non-hydrogen) atoms. The molecule has 0 fully saturated rings. The Balaban J connectivity index is 1.86. The van der Waals surface area contributed by atoms with Crippen LogP contribution in [0, 0.1) is 22.7 Å². The number of benzene rings is 4. The van der Waals surface area contributed by atoms with Crippen LogP contribution in [0.1, 0.15) is 16.7 Å². The van der Waals surface area contributed by atoms with Crippen molar-refractivity contribution in [3.63, 3.8) is 0 Å². The second-order valence-corrected chi connectivity index (χ2v) is 15.4. The van der Waals surface area contributed by atoms with Crippen molar-refractivity contribution in [2.24, 2.45) is 0 Å². The molecule has 0 amide bonds. The molecular weight excluding hydrogens is 504 g/mol. The molecule has 0 atom stereocenters. The number of nitrogens with zero attached hydrogens (tertiary/aromatic N) is 2. The summed E-state index contributed by atoms with van der Waals surface area (Å²) in [5, 5.41) is 26.9. The molecule has 196 valence electrons. The van der Waals surface area contributed by atoms with Crippen molar-refractivity contribution in [2.75, 3.05) is 10.6 Å². The van der Waals surface area contributed by atoms with Crippen LogP contribution in [-0.2, 0) is 0 Å². The molecule has 0 aliphatic carbocycles. The Labute approximate surface area is 238 Å². The predicted molar refractivity (Wildman–Crippen MR) is 171 cm³/mol. The summed E-state index contributed by atoms with van der Waals surface area (Å²) in [5.41, 5.74) is 8.51. The van der Waals surface area contributed by atoms with Gasteiger partial charge in [-0.1, -0.05) is 80.8 Å². The Hall–Kier alpha value is -5.10. The number of anilines is 3. The van der Waals surface area contributed by atoms with E-state index in [1.165, 1.54) is 10.8 Å². The third kappa shape index (κ3) is 6.66. The zero-order valence-corrected chi connectivity index (χ0v) is 24.1. The highest BCUT2D eigenvalue weighted by Crippen LogP contribution is 2.33.